The molecule has 2 aromatic carbocycles. The minimum Gasteiger partial charge on any atom is -0.508 e. The van der Waals surface area contributed by atoms with Crippen LogP contribution >= 0.6 is 0 Å². The van der Waals surface area contributed by atoms with Gasteiger partial charge < -0.3 is 15.7 Å². The van der Waals surface area contributed by atoms with E-state index in [4.69, 9.17) is 0 Å². The largest absolute Gasteiger partial charge is 0.508 e. The number of fused-ring (bicyclic) bond motifs is 1. The van der Waals surface area contributed by atoms with Gasteiger partial charge in [-0.25, -0.2) is 0 Å². The standard InChI is InChI=1S/C21H26N2O2/c1-15(9-16-5-3-2-4-6-16)10-21(25)23-14-19-11-17-7-8-20(24)12-18(17)13-22-19/h2-8,12,15,19,22,24H,9-11,13-14H2,1H3,(H,23,25)/t15-,19?/m0/s1. The number of carbonyl (C=O) groups excluding carboxylic acids is 1. The Morgan fingerprint density at radius 2 is 2.04 bits per heavy atom. The fourth-order valence-corrected chi connectivity index (χ4v) is 3.43. The van der Waals surface area contributed by atoms with Crippen LogP contribution in [0.4, 0.5) is 0 Å². The van der Waals surface area contributed by atoms with Crippen molar-refractivity contribution in [2.75, 3.05) is 6.54 Å². The number of phenols is 1. The molecule has 2 atom stereocenters. The van der Waals surface area contributed by atoms with Crippen LogP contribution in [0.1, 0.15) is 30.0 Å². The quantitative estimate of drug-likeness (QED) is 0.759. The van der Waals surface area contributed by atoms with Gasteiger partial charge in [0.25, 0.3) is 0 Å². The SMILES string of the molecule is C[C@H](CC(=O)NCC1Cc2ccc(O)cc2CN1)Cc1ccccc1. The average Bonchev–Trinajstić information content (AvgIpc) is 2.60. The van der Waals surface area contributed by atoms with Gasteiger partial charge in [-0.3, -0.25) is 4.79 Å². The molecular weight excluding hydrogens is 312 g/mol. The lowest BCUT2D eigenvalue weighted by Gasteiger charge is -2.26. The number of hydrogen-bond donors (Lipinski definition) is 3. The highest BCUT2D eigenvalue weighted by molar-refractivity contribution is 5.76. The number of carbonyl (C=O) groups is 1. The summed E-state index contributed by atoms with van der Waals surface area (Å²) in [6, 6.07) is 16.0. The Hall–Kier alpha value is -2.33. The number of benzene rings is 2. The van der Waals surface area contributed by atoms with Crippen molar-refractivity contribution in [3.8, 4) is 5.75 Å². The van der Waals surface area contributed by atoms with Gasteiger partial charge in [0.05, 0.1) is 0 Å². The van der Waals surface area contributed by atoms with Gasteiger partial charge >= 0.3 is 0 Å². The van der Waals surface area contributed by atoms with E-state index >= 15 is 0 Å². The maximum atomic E-state index is 12.2. The molecule has 4 nitrogen and oxygen atoms in total. The van der Waals surface area contributed by atoms with E-state index < -0.39 is 0 Å². The highest BCUT2D eigenvalue weighted by Gasteiger charge is 2.19. The van der Waals surface area contributed by atoms with Gasteiger partial charge in [-0.2, -0.15) is 0 Å². The molecule has 2 aromatic rings. The van der Waals surface area contributed by atoms with Gasteiger partial charge in [-0.15, -0.1) is 0 Å². The van der Waals surface area contributed by atoms with Crippen LogP contribution in [0.25, 0.3) is 0 Å². The number of rotatable bonds is 6. The molecule has 0 saturated heterocycles. The molecule has 1 aliphatic heterocycles. The van der Waals surface area contributed by atoms with Crippen LogP contribution in [-0.4, -0.2) is 23.6 Å². The fourth-order valence-electron chi connectivity index (χ4n) is 3.43. The molecule has 132 valence electrons. The summed E-state index contributed by atoms with van der Waals surface area (Å²) >= 11 is 0. The lowest BCUT2D eigenvalue weighted by atomic mass is 9.95. The Kier molecular flexibility index (Phi) is 5.71. The minimum absolute atomic E-state index is 0.113. The molecule has 0 spiro atoms. The van der Waals surface area contributed by atoms with E-state index in [0.29, 0.717) is 24.6 Å². The third-order valence-electron chi connectivity index (χ3n) is 4.74. The lowest BCUT2D eigenvalue weighted by molar-refractivity contribution is -0.122. The van der Waals surface area contributed by atoms with Crippen molar-refractivity contribution in [3.63, 3.8) is 0 Å². The van der Waals surface area contributed by atoms with Crippen molar-refractivity contribution >= 4 is 5.91 Å². The first-order valence-electron chi connectivity index (χ1n) is 8.95. The maximum absolute atomic E-state index is 12.2. The van der Waals surface area contributed by atoms with Gasteiger partial charge in [0.15, 0.2) is 0 Å². The van der Waals surface area contributed by atoms with E-state index in [2.05, 4.69) is 29.7 Å². The van der Waals surface area contributed by atoms with Gasteiger partial charge in [0.1, 0.15) is 5.75 Å². The van der Waals surface area contributed by atoms with Gasteiger partial charge in [0.2, 0.25) is 5.91 Å². The third-order valence-corrected chi connectivity index (χ3v) is 4.74. The Labute approximate surface area is 149 Å². The van der Waals surface area contributed by atoms with Crippen molar-refractivity contribution in [1.82, 2.24) is 10.6 Å². The number of amides is 1. The predicted octanol–water partition coefficient (Wildman–Crippen LogP) is 2.79. The number of aromatic hydroxyl groups is 1. The van der Waals surface area contributed by atoms with Crippen molar-refractivity contribution in [2.45, 2.75) is 38.8 Å². The van der Waals surface area contributed by atoms with E-state index in [0.717, 1.165) is 24.9 Å². The zero-order valence-corrected chi connectivity index (χ0v) is 14.7. The molecule has 0 aliphatic carbocycles. The van der Waals surface area contributed by atoms with Crippen LogP contribution in [0.15, 0.2) is 48.5 Å². The highest BCUT2D eigenvalue weighted by atomic mass is 16.3. The van der Waals surface area contributed by atoms with Gasteiger partial charge in [0, 0.05) is 25.6 Å². The summed E-state index contributed by atoms with van der Waals surface area (Å²) in [5.41, 5.74) is 3.66. The summed E-state index contributed by atoms with van der Waals surface area (Å²) in [4.78, 5) is 12.2. The Balaban J connectivity index is 1.43. The van der Waals surface area contributed by atoms with Gasteiger partial charge in [-0.1, -0.05) is 43.3 Å². The Morgan fingerprint density at radius 1 is 1.24 bits per heavy atom. The second-order valence-corrected chi connectivity index (χ2v) is 7.04. The molecule has 0 saturated carbocycles. The molecule has 1 heterocycles. The van der Waals surface area contributed by atoms with Crippen molar-refractivity contribution in [2.24, 2.45) is 5.92 Å². The maximum Gasteiger partial charge on any atom is 0.220 e. The summed E-state index contributed by atoms with van der Waals surface area (Å²) in [7, 11) is 0. The molecule has 0 radical (unpaired) electrons. The fraction of sp³-hybridized carbons (Fsp3) is 0.381. The van der Waals surface area contributed by atoms with E-state index in [1.54, 1.807) is 6.07 Å². The van der Waals surface area contributed by atoms with E-state index in [-0.39, 0.29) is 11.9 Å². The van der Waals surface area contributed by atoms with Crippen LogP contribution in [0, 0.1) is 5.92 Å². The van der Waals surface area contributed by atoms with Crippen LogP contribution in [-0.2, 0) is 24.2 Å². The van der Waals surface area contributed by atoms with Crippen LogP contribution < -0.4 is 10.6 Å². The molecule has 0 aromatic heterocycles. The van der Waals surface area contributed by atoms with E-state index in [1.807, 2.05) is 30.3 Å². The summed E-state index contributed by atoms with van der Waals surface area (Å²) in [5.74, 6) is 0.742. The molecule has 4 heteroatoms. The summed E-state index contributed by atoms with van der Waals surface area (Å²) in [6.07, 6.45) is 2.34. The second kappa shape index (κ2) is 8.17. The molecule has 1 amide bonds. The second-order valence-electron chi connectivity index (χ2n) is 7.04. The molecule has 1 aliphatic rings. The number of hydrogen-bond acceptors (Lipinski definition) is 3. The Morgan fingerprint density at radius 3 is 2.84 bits per heavy atom. The highest BCUT2D eigenvalue weighted by Crippen LogP contribution is 2.21. The first kappa shape index (κ1) is 17.5. The molecule has 3 rings (SSSR count). The van der Waals surface area contributed by atoms with Crippen LogP contribution in [0.5, 0.6) is 5.75 Å². The lowest BCUT2D eigenvalue weighted by Crippen LogP contribution is -2.44. The smallest absolute Gasteiger partial charge is 0.220 e. The summed E-state index contributed by atoms with van der Waals surface area (Å²) in [6.45, 7) is 3.49. The van der Waals surface area contributed by atoms with Crippen LogP contribution in [0.2, 0.25) is 0 Å². The minimum atomic E-state index is 0.113. The zero-order valence-electron chi connectivity index (χ0n) is 14.7. The molecular formula is C21H26N2O2. The number of phenolic OH excluding ortho intramolecular Hbond substituents is 1. The predicted molar refractivity (Wildman–Crippen MR) is 99.4 cm³/mol. The third kappa shape index (κ3) is 5.07. The first-order chi connectivity index (χ1) is 12.1. The Bertz CT molecular complexity index is 715. The summed E-state index contributed by atoms with van der Waals surface area (Å²) in [5, 5.41) is 16.0. The molecule has 25 heavy (non-hydrogen) atoms. The molecule has 0 bridgehead atoms. The normalized spacial score (nSPS) is 17.6. The monoisotopic (exact) mass is 338 g/mol. The topological polar surface area (TPSA) is 61.4 Å². The number of nitrogens with one attached hydrogen (secondary N) is 2. The van der Waals surface area contributed by atoms with Crippen LogP contribution in [0.3, 0.4) is 0 Å². The van der Waals surface area contributed by atoms with E-state index in [1.165, 1.54) is 11.1 Å². The summed E-state index contributed by atoms with van der Waals surface area (Å²) < 4.78 is 0. The van der Waals surface area contributed by atoms with E-state index in [9.17, 15) is 9.90 Å². The van der Waals surface area contributed by atoms with Crippen molar-refractivity contribution in [1.29, 1.82) is 0 Å². The first-order valence-corrected chi connectivity index (χ1v) is 8.95. The van der Waals surface area contributed by atoms with Crippen molar-refractivity contribution in [3.05, 3.63) is 65.2 Å². The molecule has 3 N–H and O–H groups in total. The average molecular weight is 338 g/mol. The molecule has 1 unspecified atom stereocenters. The van der Waals surface area contributed by atoms with Crippen molar-refractivity contribution < 1.29 is 9.90 Å². The zero-order chi connectivity index (χ0) is 17.6. The molecule has 0 fully saturated rings. The van der Waals surface area contributed by atoms with Gasteiger partial charge in [-0.05, 0) is 47.6 Å².